The Bertz CT molecular complexity index is 737. The Hall–Kier alpha value is -2.62. The zero-order valence-electron chi connectivity index (χ0n) is 14.7. The molecular weight excluding hydrogens is 340 g/mol. The van der Waals surface area contributed by atoms with E-state index in [2.05, 4.69) is 16.5 Å². The molecule has 0 amide bonds. The molecule has 140 valence electrons. The van der Waals surface area contributed by atoms with Gasteiger partial charge in [-0.15, -0.1) is 0 Å². The molecule has 2 aromatic rings. The van der Waals surface area contributed by atoms with Gasteiger partial charge in [-0.1, -0.05) is 6.58 Å². The molecule has 0 aliphatic carbocycles. The number of allylic oxidation sites excluding steroid dienone is 1. The van der Waals surface area contributed by atoms with Crippen LogP contribution in [0.5, 0.6) is 0 Å². The third-order valence-electron chi connectivity index (χ3n) is 3.39. The Balaban J connectivity index is 1.53. The Labute approximate surface area is 151 Å². The molecule has 0 fully saturated rings. The standard InChI is InChI=1S/C17H22N4O5/c1-3-17(23)21-7-5-19-16(21)13-26-11-9-24-8-10-25-12-15-18-4-6-20(15)14(2)22/h3-7H,1,8-13H2,2H3. The number of carbonyl (C=O) groups excluding carboxylic acids is 2. The van der Waals surface area contributed by atoms with E-state index in [0.29, 0.717) is 38.1 Å². The van der Waals surface area contributed by atoms with Crippen molar-refractivity contribution in [1.82, 2.24) is 19.1 Å². The summed E-state index contributed by atoms with van der Waals surface area (Å²) in [5.41, 5.74) is 0. The van der Waals surface area contributed by atoms with E-state index in [1.54, 1.807) is 18.6 Å². The van der Waals surface area contributed by atoms with Crippen molar-refractivity contribution < 1.29 is 23.8 Å². The largest absolute Gasteiger partial charge is 0.377 e. The summed E-state index contributed by atoms with van der Waals surface area (Å²) < 4.78 is 19.1. The molecule has 0 spiro atoms. The molecule has 2 heterocycles. The lowest BCUT2D eigenvalue weighted by Crippen LogP contribution is -2.14. The van der Waals surface area contributed by atoms with Gasteiger partial charge in [0, 0.05) is 31.7 Å². The highest BCUT2D eigenvalue weighted by molar-refractivity contribution is 5.89. The van der Waals surface area contributed by atoms with E-state index in [0.717, 1.165) is 0 Å². The van der Waals surface area contributed by atoms with Crippen molar-refractivity contribution in [2.45, 2.75) is 20.1 Å². The van der Waals surface area contributed by atoms with Crippen molar-refractivity contribution in [2.75, 3.05) is 26.4 Å². The number of aromatic nitrogens is 4. The van der Waals surface area contributed by atoms with Gasteiger partial charge in [0.1, 0.15) is 24.9 Å². The molecule has 0 unspecified atom stereocenters. The summed E-state index contributed by atoms with van der Waals surface area (Å²) in [6.45, 7) is 6.89. The molecule has 2 rings (SSSR count). The van der Waals surface area contributed by atoms with Crippen LogP contribution in [-0.2, 0) is 27.4 Å². The number of hydrogen-bond acceptors (Lipinski definition) is 7. The fourth-order valence-corrected chi connectivity index (χ4v) is 2.13. The molecule has 9 heteroatoms. The first-order chi connectivity index (χ1) is 12.6. The van der Waals surface area contributed by atoms with Crippen molar-refractivity contribution in [3.63, 3.8) is 0 Å². The van der Waals surface area contributed by atoms with E-state index in [4.69, 9.17) is 14.2 Å². The molecule has 0 atom stereocenters. The first-order valence-electron chi connectivity index (χ1n) is 8.09. The van der Waals surface area contributed by atoms with Crippen LogP contribution < -0.4 is 0 Å². The minimum absolute atomic E-state index is 0.107. The van der Waals surface area contributed by atoms with Crippen molar-refractivity contribution in [1.29, 1.82) is 0 Å². The lowest BCUT2D eigenvalue weighted by atomic mass is 10.5. The smallest absolute Gasteiger partial charge is 0.255 e. The summed E-state index contributed by atoms with van der Waals surface area (Å²) in [6, 6.07) is 0. The molecule has 0 N–H and O–H groups in total. The van der Waals surface area contributed by atoms with Crippen molar-refractivity contribution in [3.05, 3.63) is 49.1 Å². The summed E-state index contributed by atoms with van der Waals surface area (Å²) >= 11 is 0. The number of ether oxygens (including phenoxy) is 3. The normalized spacial score (nSPS) is 10.8. The van der Waals surface area contributed by atoms with Gasteiger partial charge in [0.25, 0.3) is 5.91 Å². The van der Waals surface area contributed by atoms with Crippen molar-refractivity contribution in [2.24, 2.45) is 0 Å². The van der Waals surface area contributed by atoms with Crippen LogP contribution in [0, 0.1) is 0 Å². The zero-order chi connectivity index (χ0) is 18.8. The first-order valence-corrected chi connectivity index (χ1v) is 8.09. The zero-order valence-corrected chi connectivity index (χ0v) is 14.7. The van der Waals surface area contributed by atoms with Crippen LogP contribution in [0.25, 0.3) is 0 Å². The van der Waals surface area contributed by atoms with Gasteiger partial charge in [0.15, 0.2) is 0 Å². The van der Waals surface area contributed by atoms with Gasteiger partial charge >= 0.3 is 0 Å². The predicted molar refractivity (Wildman–Crippen MR) is 91.7 cm³/mol. The highest BCUT2D eigenvalue weighted by Gasteiger charge is 2.08. The summed E-state index contributed by atoms with van der Waals surface area (Å²) in [6.07, 6.45) is 7.47. The maximum atomic E-state index is 11.6. The fraction of sp³-hybridized carbons (Fsp3) is 0.412. The number of hydrogen-bond donors (Lipinski definition) is 0. The Morgan fingerprint density at radius 2 is 1.46 bits per heavy atom. The quantitative estimate of drug-likeness (QED) is 0.439. The predicted octanol–water partition coefficient (Wildman–Crippen LogP) is 1.32. The SMILES string of the molecule is C=CC(=O)n1ccnc1COCCOCCOCc1nccn1C(C)=O. The molecule has 26 heavy (non-hydrogen) atoms. The maximum absolute atomic E-state index is 11.6. The molecular formula is C17H22N4O5. The van der Waals surface area contributed by atoms with Crippen LogP contribution >= 0.6 is 0 Å². The second kappa shape index (κ2) is 10.4. The third kappa shape index (κ3) is 5.73. The molecule has 0 saturated heterocycles. The van der Waals surface area contributed by atoms with Gasteiger partial charge < -0.3 is 14.2 Å². The first kappa shape index (κ1) is 19.7. The summed E-state index contributed by atoms with van der Waals surface area (Å²) in [7, 11) is 0. The Morgan fingerprint density at radius 1 is 0.962 bits per heavy atom. The van der Waals surface area contributed by atoms with Crippen molar-refractivity contribution in [3.8, 4) is 0 Å². The van der Waals surface area contributed by atoms with Gasteiger partial charge in [-0.25, -0.2) is 9.97 Å². The van der Waals surface area contributed by atoms with Crippen molar-refractivity contribution >= 4 is 11.8 Å². The second-order valence-electron chi connectivity index (χ2n) is 5.21. The highest BCUT2D eigenvalue weighted by Crippen LogP contribution is 2.01. The van der Waals surface area contributed by atoms with Gasteiger partial charge in [0.05, 0.1) is 26.4 Å². The number of nitrogens with zero attached hydrogens (tertiary/aromatic N) is 4. The number of rotatable bonds is 11. The van der Waals surface area contributed by atoms with E-state index < -0.39 is 0 Å². The van der Waals surface area contributed by atoms with Gasteiger partial charge in [-0.3, -0.25) is 18.7 Å². The second-order valence-corrected chi connectivity index (χ2v) is 5.21. The third-order valence-corrected chi connectivity index (χ3v) is 3.39. The molecule has 0 aliphatic rings. The van der Waals surface area contributed by atoms with Crippen LogP contribution in [0.4, 0.5) is 0 Å². The Morgan fingerprint density at radius 3 is 2.00 bits per heavy atom. The van der Waals surface area contributed by atoms with E-state index in [1.165, 1.54) is 28.3 Å². The van der Waals surface area contributed by atoms with Gasteiger partial charge in [0.2, 0.25) is 5.91 Å². The van der Waals surface area contributed by atoms with E-state index >= 15 is 0 Å². The molecule has 0 radical (unpaired) electrons. The average Bonchev–Trinajstić information content (AvgIpc) is 3.28. The lowest BCUT2D eigenvalue weighted by molar-refractivity contribution is 0.00426. The molecule has 0 aliphatic heterocycles. The Kier molecular flexibility index (Phi) is 7.87. The summed E-state index contributed by atoms with van der Waals surface area (Å²) in [4.78, 5) is 31.0. The van der Waals surface area contributed by atoms with E-state index in [9.17, 15) is 9.59 Å². The van der Waals surface area contributed by atoms with E-state index in [-0.39, 0.29) is 25.0 Å². The van der Waals surface area contributed by atoms with Gasteiger partial charge in [-0.2, -0.15) is 0 Å². The van der Waals surface area contributed by atoms with Crippen LogP contribution in [0.15, 0.2) is 37.4 Å². The van der Waals surface area contributed by atoms with Crippen LogP contribution in [0.2, 0.25) is 0 Å². The lowest BCUT2D eigenvalue weighted by Gasteiger charge is -2.08. The van der Waals surface area contributed by atoms with Crippen LogP contribution in [0.3, 0.4) is 0 Å². The fourth-order valence-electron chi connectivity index (χ4n) is 2.13. The molecule has 0 aromatic carbocycles. The molecule has 9 nitrogen and oxygen atoms in total. The molecule has 2 aromatic heterocycles. The molecule has 0 bridgehead atoms. The molecule has 0 saturated carbocycles. The van der Waals surface area contributed by atoms with Crippen LogP contribution in [0.1, 0.15) is 28.2 Å². The van der Waals surface area contributed by atoms with Crippen LogP contribution in [-0.4, -0.2) is 57.3 Å². The number of carbonyl (C=O) groups is 2. The minimum atomic E-state index is -0.250. The minimum Gasteiger partial charge on any atom is -0.377 e. The van der Waals surface area contributed by atoms with Gasteiger partial charge in [-0.05, 0) is 6.08 Å². The monoisotopic (exact) mass is 362 g/mol. The topological polar surface area (TPSA) is 97.5 Å². The summed E-state index contributed by atoms with van der Waals surface area (Å²) in [5, 5.41) is 0. The van der Waals surface area contributed by atoms with E-state index in [1.807, 2.05) is 0 Å². The maximum Gasteiger partial charge on any atom is 0.255 e. The summed E-state index contributed by atoms with van der Waals surface area (Å²) in [5.74, 6) is 0.717. The average molecular weight is 362 g/mol. The number of imidazole rings is 2. The highest BCUT2D eigenvalue weighted by atomic mass is 16.5.